The summed E-state index contributed by atoms with van der Waals surface area (Å²) in [5, 5.41) is 0. The van der Waals surface area contributed by atoms with Crippen LogP contribution in [0, 0.1) is 0 Å². The molecule has 1 aromatic carbocycles. The molecule has 0 unspecified atom stereocenters. The highest BCUT2D eigenvalue weighted by atomic mass is 16.1. The van der Waals surface area contributed by atoms with Crippen LogP contribution >= 0.6 is 0 Å². The third kappa shape index (κ3) is 3.01. The highest BCUT2D eigenvalue weighted by Gasteiger charge is 2.22. The number of carbonyl (C=O) groups excluding carboxylic acids is 2. The summed E-state index contributed by atoms with van der Waals surface area (Å²) in [5.41, 5.74) is 1.84. The van der Waals surface area contributed by atoms with Crippen molar-refractivity contribution in [2.45, 2.75) is 37.6 Å². The quantitative estimate of drug-likeness (QED) is 0.604. The molecule has 0 atom stereocenters. The Kier molecular flexibility index (Phi) is 4.19. The predicted octanol–water partition coefficient (Wildman–Crippen LogP) is 3.02. The standard InChI is InChI=1S/C14H14N2O2/c17-9-15-13-6-4-11(5-7-13)12-2-1-3-14(8-12)16-10-18/h1-3,8,11,13H,4-7H2. The van der Waals surface area contributed by atoms with Crippen molar-refractivity contribution in [1.82, 2.24) is 0 Å². The van der Waals surface area contributed by atoms with E-state index in [1.165, 1.54) is 5.56 Å². The van der Waals surface area contributed by atoms with Crippen LogP contribution in [0.1, 0.15) is 37.2 Å². The third-order valence-corrected chi connectivity index (χ3v) is 3.45. The molecule has 4 nitrogen and oxygen atoms in total. The minimum Gasteiger partial charge on any atom is -0.211 e. The zero-order chi connectivity index (χ0) is 12.8. The number of benzene rings is 1. The van der Waals surface area contributed by atoms with Gasteiger partial charge in [-0.25, -0.2) is 14.6 Å². The second kappa shape index (κ2) is 6.06. The number of hydrogen-bond acceptors (Lipinski definition) is 4. The van der Waals surface area contributed by atoms with Gasteiger partial charge in [0.15, 0.2) is 0 Å². The molecule has 0 spiro atoms. The van der Waals surface area contributed by atoms with Gasteiger partial charge in [0.1, 0.15) is 0 Å². The topological polar surface area (TPSA) is 58.9 Å². The van der Waals surface area contributed by atoms with Crippen molar-refractivity contribution in [3.05, 3.63) is 29.8 Å². The van der Waals surface area contributed by atoms with Gasteiger partial charge in [0, 0.05) is 0 Å². The Morgan fingerprint density at radius 3 is 2.50 bits per heavy atom. The van der Waals surface area contributed by atoms with Gasteiger partial charge in [-0.15, -0.1) is 0 Å². The smallest absolute Gasteiger partial charge is 0.211 e. The molecule has 0 saturated heterocycles. The van der Waals surface area contributed by atoms with Gasteiger partial charge in [0.25, 0.3) is 0 Å². The summed E-state index contributed by atoms with van der Waals surface area (Å²) in [7, 11) is 0. The van der Waals surface area contributed by atoms with Gasteiger partial charge in [0.05, 0.1) is 11.7 Å². The van der Waals surface area contributed by atoms with E-state index in [4.69, 9.17) is 0 Å². The average molecular weight is 242 g/mol. The minimum absolute atomic E-state index is 0.134. The molecule has 1 saturated carbocycles. The largest absolute Gasteiger partial charge is 0.240 e. The number of isocyanates is 2. The molecule has 4 heteroatoms. The molecule has 0 aromatic heterocycles. The van der Waals surface area contributed by atoms with E-state index >= 15 is 0 Å². The van der Waals surface area contributed by atoms with E-state index in [0.717, 1.165) is 25.7 Å². The number of nitrogens with zero attached hydrogens (tertiary/aromatic N) is 2. The molecule has 1 aromatic rings. The molecule has 0 N–H and O–H groups in total. The maximum Gasteiger partial charge on any atom is 0.240 e. The van der Waals surface area contributed by atoms with Crippen molar-refractivity contribution >= 4 is 17.8 Å². The average Bonchev–Trinajstić information content (AvgIpc) is 2.41. The van der Waals surface area contributed by atoms with E-state index in [2.05, 4.69) is 16.1 Å². The molecule has 18 heavy (non-hydrogen) atoms. The van der Waals surface area contributed by atoms with E-state index in [-0.39, 0.29) is 6.04 Å². The molecular weight excluding hydrogens is 228 g/mol. The predicted molar refractivity (Wildman–Crippen MR) is 67.3 cm³/mol. The maximum atomic E-state index is 10.2. The Hall–Kier alpha value is -2.02. The van der Waals surface area contributed by atoms with Crippen LogP contribution in [0.3, 0.4) is 0 Å². The number of hydrogen-bond donors (Lipinski definition) is 0. The summed E-state index contributed by atoms with van der Waals surface area (Å²) in [6.07, 6.45) is 7.03. The summed E-state index contributed by atoms with van der Waals surface area (Å²) in [6, 6.07) is 7.81. The van der Waals surface area contributed by atoms with E-state index in [0.29, 0.717) is 11.6 Å². The van der Waals surface area contributed by atoms with Crippen molar-refractivity contribution in [2.75, 3.05) is 0 Å². The number of aliphatic imine (C=N–C) groups is 2. The molecule has 1 fully saturated rings. The normalized spacial score (nSPS) is 22.7. The molecule has 1 aliphatic rings. The van der Waals surface area contributed by atoms with Crippen LogP contribution in [0.5, 0.6) is 0 Å². The van der Waals surface area contributed by atoms with Gasteiger partial charge in [-0.2, -0.15) is 4.99 Å². The van der Waals surface area contributed by atoms with E-state index in [9.17, 15) is 9.59 Å². The van der Waals surface area contributed by atoms with E-state index in [1.807, 2.05) is 12.1 Å². The lowest BCUT2D eigenvalue weighted by molar-refractivity contribution is 0.395. The molecular formula is C14H14N2O2. The fourth-order valence-electron chi connectivity index (χ4n) is 2.51. The zero-order valence-corrected chi connectivity index (χ0v) is 10.0. The van der Waals surface area contributed by atoms with Crippen molar-refractivity contribution in [3.63, 3.8) is 0 Å². The summed E-state index contributed by atoms with van der Waals surface area (Å²) in [5.74, 6) is 0.463. The van der Waals surface area contributed by atoms with Crippen LogP contribution in [-0.4, -0.2) is 18.2 Å². The van der Waals surface area contributed by atoms with Crippen LogP contribution in [0.15, 0.2) is 34.3 Å². The molecule has 0 amide bonds. The fourth-order valence-corrected chi connectivity index (χ4v) is 2.51. The zero-order valence-electron chi connectivity index (χ0n) is 10.0. The van der Waals surface area contributed by atoms with Crippen LogP contribution in [-0.2, 0) is 9.59 Å². The van der Waals surface area contributed by atoms with Crippen molar-refractivity contribution in [1.29, 1.82) is 0 Å². The Labute approximate surface area is 105 Å². The van der Waals surface area contributed by atoms with Gasteiger partial charge in [-0.3, -0.25) is 0 Å². The first-order chi connectivity index (χ1) is 8.83. The summed E-state index contributed by atoms with van der Waals surface area (Å²) >= 11 is 0. The van der Waals surface area contributed by atoms with Gasteiger partial charge in [-0.05, 0) is 49.3 Å². The Balaban J connectivity index is 2.07. The molecule has 0 radical (unpaired) electrons. The number of rotatable bonds is 3. The Morgan fingerprint density at radius 1 is 1.06 bits per heavy atom. The van der Waals surface area contributed by atoms with Gasteiger partial charge in [-0.1, -0.05) is 12.1 Å². The van der Waals surface area contributed by atoms with Crippen molar-refractivity contribution in [3.8, 4) is 0 Å². The molecule has 1 aliphatic carbocycles. The Bertz CT molecular complexity index is 506. The Morgan fingerprint density at radius 2 is 1.83 bits per heavy atom. The highest BCUT2D eigenvalue weighted by Crippen LogP contribution is 2.35. The van der Waals surface area contributed by atoms with Gasteiger partial charge in [0.2, 0.25) is 12.2 Å². The maximum absolute atomic E-state index is 10.2. The van der Waals surface area contributed by atoms with Crippen LogP contribution < -0.4 is 0 Å². The second-order valence-electron chi connectivity index (χ2n) is 4.52. The van der Waals surface area contributed by atoms with Crippen LogP contribution in [0.2, 0.25) is 0 Å². The molecule has 0 heterocycles. The molecule has 0 bridgehead atoms. The van der Waals surface area contributed by atoms with Crippen molar-refractivity contribution in [2.24, 2.45) is 9.98 Å². The molecule has 92 valence electrons. The lowest BCUT2D eigenvalue weighted by Gasteiger charge is -2.25. The lowest BCUT2D eigenvalue weighted by atomic mass is 9.82. The summed E-state index contributed by atoms with van der Waals surface area (Å²) in [4.78, 5) is 27.9. The van der Waals surface area contributed by atoms with Crippen LogP contribution in [0.25, 0.3) is 0 Å². The molecule has 2 rings (SSSR count). The minimum atomic E-state index is 0.134. The first-order valence-corrected chi connectivity index (χ1v) is 6.08. The lowest BCUT2D eigenvalue weighted by Crippen LogP contribution is -2.15. The van der Waals surface area contributed by atoms with Gasteiger partial charge < -0.3 is 0 Å². The SMILES string of the molecule is O=C=Nc1cccc(C2CCC(N=C=O)CC2)c1. The van der Waals surface area contributed by atoms with E-state index < -0.39 is 0 Å². The van der Waals surface area contributed by atoms with Gasteiger partial charge >= 0.3 is 0 Å². The first kappa shape index (κ1) is 12.4. The first-order valence-electron chi connectivity index (χ1n) is 6.08. The highest BCUT2D eigenvalue weighted by molar-refractivity contribution is 5.50. The van der Waals surface area contributed by atoms with E-state index in [1.54, 1.807) is 18.2 Å². The van der Waals surface area contributed by atoms with Crippen molar-refractivity contribution < 1.29 is 9.59 Å². The third-order valence-electron chi connectivity index (χ3n) is 3.45. The molecule has 0 aliphatic heterocycles. The second-order valence-corrected chi connectivity index (χ2v) is 4.52. The monoisotopic (exact) mass is 242 g/mol. The van der Waals surface area contributed by atoms with Crippen LogP contribution in [0.4, 0.5) is 5.69 Å². The fraction of sp³-hybridized carbons (Fsp3) is 0.429. The summed E-state index contributed by atoms with van der Waals surface area (Å²) < 4.78 is 0. The summed E-state index contributed by atoms with van der Waals surface area (Å²) in [6.45, 7) is 0.